The molecule has 4 aromatic rings. The predicted molar refractivity (Wildman–Crippen MR) is 118 cm³/mol. The van der Waals surface area contributed by atoms with Gasteiger partial charge in [0.05, 0.1) is 32.3 Å². The quantitative estimate of drug-likeness (QED) is 0.232. The fourth-order valence-corrected chi connectivity index (χ4v) is 3.40. The van der Waals surface area contributed by atoms with Gasteiger partial charge in [0, 0.05) is 16.7 Å². The van der Waals surface area contributed by atoms with Crippen molar-refractivity contribution in [2.75, 3.05) is 0 Å². The van der Waals surface area contributed by atoms with Crippen LogP contribution in [0.25, 0.3) is 22.4 Å². The molecule has 0 aliphatic rings. The molecule has 1 amide bonds. The highest BCUT2D eigenvalue weighted by Crippen LogP contribution is 2.30. The summed E-state index contributed by atoms with van der Waals surface area (Å²) in [5.41, 5.74) is 5.80. The third-order valence-electron chi connectivity index (χ3n) is 4.23. The molecule has 4 rings (SSSR count). The second kappa shape index (κ2) is 8.25. The van der Waals surface area contributed by atoms with Gasteiger partial charge in [0.25, 0.3) is 5.91 Å². The van der Waals surface area contributed by atoms with Crippen LogP contribution in [0.2, 0.25) is 15.1 Å². The first-order valence-corrected chi connectivity index (χ1v) is 9.68. The van der Waals surface area contributed by atoms with Crippen LogP contribution in [0.1, 0.15) is 15.9 Å². The molecule has 1 heterocycles. The molecule has 0 atom stereocenters. The van der Waals surface area contributed by atoms with Gasteiger partial charge < -0.3 is 4.98 Å². The molecule has 0 saturated carbocycles. The minimum absolute atomic E-state index is 0.268. The van der Waals surface area contributed by atoms with Crippen molar-refractivity contribution in [1.82, 2.24) is 15.4 Å². The summed E-state index contributed by atoms with van der Waals surface area (Å²) in [4.78, 5) is 20.2. The van der Waals surface area contributed by atoms with Gasteiger partial charge >= 0.3 is 0 Å². The Balaban J connectivity index is 1.54. The maximum atomic E-state index is 12.4. The van der Waals surface area contributed by atoms with Crippen molar-refractivity contribution >= 4 is 58.0 Å². The minimum atomic E-state index is -0.381. The summed E-state index contributed by atoms with van der Waals surface area (Å²) < 4.78 is 0. The van der Waals surface area contributed by atoms with E-state index in [0.717, 1.165) is 22.4 Å². The number of aromatic nitrogens is 2. The van der Waals surface area contributed by atoms with Gasteiger partial charge in [-0.2, -0.15) is 5.10 Å². The fourth-order valence-electron chi connectivity index (χ4n) is 2.76. The number of carbonyl (C=O) groups is 1. The van der Waals surface area contributed by atoms with Crippen LogP contribution in [0.15, 0.2) is 65.8 Å². The van der Waals surface area contributed by atoms with Crippen molar-refractivity contribution in [2.24, 2.45) is 5.10 Å². The minimum Gasteiger partial charge on any atom is -0.338 e. The van der Waals surface area contributed by atoms with E-state index in [9.17, 15) is 4.79 Å². The van der Waals surface area contributed by atoms with Crippen molar-refractivity contribution in [3.8, 4) is 11.4 Å². The van der Waals surface area contributed by atoms with Gasteiger partial charge in [0.15, 0.2) is 0 Å². The Labute approximate surface area is 181 Å². The van der Waals surface area contributed by atoms with Gasteiger partial charge in [-0.1, -0.05) is 65.1 Å². The Morgan fingerprint density at radius 3 is 2.55 bits per heavy atom. The van der Waals surface area contributed by atoms with Gasteiger partial charge in [-0.05, 0) is 30.3 Å². The Bertz CT molecular complexity index is 1240. The SMILES string of the molecule is O=C(N/N=C/c1c(Cl)ccc(Cl)c1Cl)c1ccc2nc(-c3ccccc3)[nH]c2c1. The largest absolute Gasteiger partial charge is 0.338 e. The third kappa shape index (κ3) is 4.12. The molecule has 0 aliphatic heterocycles. The summed E-state index contributed by atoms with van der Waals surface area (Å²) in [6.45, 7) is 0. The molecule has 0 saturated heterocycles. The Morgan fingerprint density at radius 1 is 1.00 bits per heavy atom. The molecule has 1 aromatic heterocycles. The van der Waals surface area contributed by atoms with E-state index in [2.05, 4.69) is 20.5 Å². The Morgan fingerprint density at radius 2 is 1.76 bits per heavy atom. The molecule has 0 unspecified atom stereocenters. The first-order chi connectivity index (χ1) is 14.0. The summed E-state index contributed by atoms with van der Waals surface area (Å²) >= 11 is 18.2. The monoisotopic (exact) mass is 442 g/mol. The van der Waals surface area contributed by atoms with Crippen LogP contribution in [0.3, 0.4) is 0 Å². The lowest BCUT2D eigenvalue weighted by Crippen LogP contribution is -2.17. The van der Waals surface area contributed by atoms with Crippen LogP contribution in [-0.4, -0.2) is 22.1 Å². The normalized spacial score (nSPS) is 11.3. The second-order valence-corrected chi connectivity index (χ2v) is 7.33. The molecular formula is C21H13Cl3N4O. The lowest BCUT2D eigenvalue weighted by molar-refractivity contribution is 0.0955. The van der Waals surface area contributed by atoms with E-state index >= 15 is 0 Å². The van der Waals surface area contributed by atoms with Crippen LogP contribution in [0, 0.1) is 0 Å². The van der Waals surface area contributed by atoms with Crippen LogP contribution < -0.4 is 5.43 Å². The van der Waals surface area contributed by atoms with Gasteiger partial charge in [-0.25, -0.2) is 10.4 Å². The first kappa shape index (κ1) is 19.5. The molecule has 3 aromatic carbocycles. The van der Waals surface area contributed by atoms with Crippen molar-refractivity contribution in [3.63, 3.8) is 0 Å². The second-order valence-electron chi connectivity index (χ2n) is 6.14. The lowest BCUT2D eigenvalue weighted by Gasteiger charge is -2.03. The maximum absolute atomic E-state index is 12.4. The number of rotatable bonds is 4. The van der Waals surface area contributed by atoms with Gasteiger partial charge in [-0.15, -0.1) is 0 Å². The average molecular weight is 444 g/mol. The number of nitrogens with zero attached hydrogens (tertiary/aromatic N) is 2. The standard InChI is InChI=1S/C21H13Cl3N4O/c22-15-7-8-16(23)19(24)14(15)11-25-28-21(29)13-6-9-17-18(10-13)27-20(26-17)12-4-2-1-3-5-12/h1-11H,(H,26,27)(H,28,29)/b25-11+. The first-order valence-electron chi connectivity index (χ1n) is 8.55. The summed E-state index contributed by atoms with van der Waals surface area (Å²) in [6, 6.07) is 18.1. The molecule has 0 spiro atoms. The number of benzene rings is 3. The molecule has 0 radical (unpaired) electrons. The average Bonchev–Trinajstić information content (AvgIpc) is 3.17. The number of halogens is 3. The number of amides is 1. The van der Waals surface area contributed by atoms with Crippen LogP contribution in [-0.2, 0) is 0 Å². The number of hydrazone groups is 1. The smallest absolute Gasteiger partial charge is 0.271 e. The highest BCUT2D eigenvalue weighted by Gasteiger charge is 2.11. The molecule has 0 bridgehead atoms. The fraction of sp³-hybridized carbons (Fsp3) is 0. The van der Waals surface area contributed by atoms with Gasteiger partial charge in [0.1, 0.15) is 5.82 Å². The molecule has 5 nitrogen and oxygen atoms in total. The van der Waals surface area contributed by atoms with Crippen LogP contribution >= 0.6 is 34.8 Å². The zero-order valence-corrected chi connectivity index (χ0v) is 17.1. The van der Waals surface area contributed by atoms with Crippen LogP contribution in [0.5, 0.6) is 0 Å². The van der Waals surface area contributed by atoms with E-state index in [1.54, 1.807) is 30.3 Å². The zero-order chi connectivity index (χ0) is 20.4. The maximum Gasteiger partial charge on any atom is 0.271 e. The number of H-pyrrole nitrogens is 1. The van der Waals surface area contributed by atoms with Crippen molar-refractivity contribution < 1.29 is 4.79 Å². The van der Waals surface area contributed by atoms with Gasteiger partial charge in [0.2, 0.25) is 0 Å². The van der Waals surface area contributed by atoms with Crippen molar-refractivity contribution in [1.29, 1.82) is 0 Å². The predicted octanol–water partition coefficient (Wildman–Crippen LogP) is 5.95. The number of fused-ring (bicyclic) bond motifs is 1. The van der Waals surface area contributed by atoms with E-state index in [0.29, 0.717) is 21.2 Å². The topological polar surface area (TPSA) is 70.1 Å². The van der Waals surface area contributed by atoms with E-state index in [-0.39, 0.29) is 10.9 Å². The van der Waals surface area contributed by atoms with Gasteiger partial charge in [-0.3, -0.25) is 4.79 Å². The van der Waals surface area contributed by atoms with E-state index < -0.39 is 0 Å². The molecule has 144 valence electrons. The molecule has 8 heteroatoms. The van der Waals surface area contributed by atoms with E-state index in [4.69, 9.17) is 34.8 Å². The number of hydrogen-bond acceptors (Lipinski definition) is 3. The molecule has 29 heavy (non-hydrogen) atoms. The number of aromatic amines is 1. The van der Waals surface area contributed by atoms with Crippen molar-refractivity contribution in [2.45, 2.75) is 0 Å². The van der Waals surface area contributed by atoms with Crippen molar-refractivity contribution in [3.05, 3.63) is 86.9 Å². The third-order valence-corrected chi connectivity index (χ3v) is 5.38. The summed E-state index contributed by atoms with van der Waals surface area (Å²) in [5, 5.41) is 4.93. The molecule has 2 N–H and O–H groups in total. The number of nitrogens with one attached hydrogen (secondary N) is 2. The van der Waals surface area contributed by atoms with E-state index in [1.165, 1.54) is 6.21 Å². The lowest BCUT2D eigenvalue weighted by atomic mass is 10.2. The number of imidazole rings is 1. The highest BCUT2D eigenvalue weighted by molar-refractivity contribution is 6.45. The number of hydrogen-bond donors (Lipinski definition) is 2. The summed E-state index contributed by atoms with van der Waals surface area (Å²) in [5.74, 6) is 0.356. The highest BCUT2D eigenvalue weighted by atomic mass is 35.5. The zero-order valence-electron chi connectivity index (χ0n) is 14.8. The number of carbonyl (C=O) groups excluding carboxylic acids is 1. The Kier molecular flexibility index (Phi) is 5.53. The Hall–Kier alpha value is -2.86. The molecule has 0 aliphatic carbocycles. The van der Waals surface area contributed by atoms with E-state index in [1.807, 2.05) is 30.3 Å². The van der Waals surface area contributed by atoms with Crippen LogP contribution in [0.4, 0.5) is 0 Å². The molecular weight excluding hydrogens is 431 g/mol. The summed E-state index contributed by atoms with van der Waals surface area (Å²) in [6.07, 6.45) is 1.36. The summed E-state index contributed by atoms with van der Waals surface area (Å²) in [7, 11) is 0. The molecule has 0 fully saturated rings.